The predicted octanol–water partition coefficient (Wildman–Crippen LogP) is 1.65. The van der Waals surface area contributed by atoms with Crippen molar-refractivity contribution in [2.24, 2.45) is 5.84 Å². The number of carbonyl (C=O) groups excluding carboxylic acids is 1. The summed E-state index contributed by atoms with van der Waals surface area (Å²) in [5, 5.41) is 0. The minimum absolute atomic E-state index is 0.100. The molecule has 2 aromatic rings. The van der Waals surface area contributed by atoms with Gasteiger partial charge < -0.3 is 15.1 Å². The minimum Gasteiger partial charge on any atom is -0.497 e. The van der Waals surface area contributed by atoms with E-state index in [2.05, 4.69) is 10.4 Å². The first-order chi connectivity index (χ1) is 10.1. The number of hydrogen-bond acceptors (Lipinski definition) is 5. The van der Waals surface area contributed by atoms with Crippen LogP contribution in [0.2, 0.25) is 0 Å². The van der Waals surface area contributed by atoms with Crippen molar-refractivity contribution in [2.45, 2.75) is 6.54 Å². The van der Waals surface area contributed by atoms with Crippen LogP contribution in [0.4, 0.5) is 5.82 Å². The highest BCUT2D eigenvalue weighted by Gasteiger charge is 2.13. The van der Waals surface area contributed by atoms with Crippen molar-refractivity contribution in [3.63, 3.8) is 0 Å². The zero-order valence-electron chi connectivity index (χ0n) is 12.0. The van der Waals surface area contributed by atoms with Crippen LogP contribution in [0.5, 0.6) is 5.75 Å². The molecule has 1 amide bonds. The average molecular weight is 286 g/mol. The summed E-state index contributed by atoms with van der Waals surface area (Å²) in [6, 6.07) is 10.9. The quantitative estimate of drug-likeness (QED) is 0.645. The summed E-state index contributed by atoms with van der Waals surface area (Å²) < 4.78 is 5.18. The first kappa shape index (κ1) is 14.8. The standard InChI is InChI=1S/C15H18N4O2/c1-19(10-11-4-3-5-13(8-11)21-2)15(20)12-6-7-17-14(9-12)18-16/h3-9H,10,16H2,1-2H3,(H,17,18). The molecule has 0 spiro atoms. The SMILES string of the molecule is COc1cccc(CN(C)C(=O)c2ccnc(NN)c2)c1. The number of amides is 1. The number of nitrogens with two attached hydrogens (primary N) is 1. The van der Waals surface area contributed by atoms with E-state index in [0.29, 0.717) is 17.9 Å². The normalized spacial score (nSPS) is 10.0. The summed E-state index contributed by atoms with van der Waals surface area (Å²) in [6.45, 7) is 0.490. The smallest absolute Gasteiger partial charge is 0.254 e. The molecule has 0 aliphatic heterocycles. The maximum atomic E-state index is 12.4. The molecule has 3 N–H and O–H groups in total. The van der Waals surface area contributed by atoms with Crippen molar-refractivity contribution in [2.75, 3.05) is 19.6 Å². The summed E-state index contributed by atoms with van der Waals surface area (Å²) >= 11 is 0. The van der Waals surface area contributed by atoms with Gasteiger partial charge >= 0.3 is 0 Å². The predicted molar refractivity (Wildman–Crippen MR) is 80.8 cm³/mol. The van der Waals surface area contributed by atoms with Gasteiger partial charge in [-0.2, -0.15) is 0 Å². The van der Waals surface area contributed by atoms with Gasteiger partial charge in [0.15, 0.2) is 0 Å². The fraction of sp³-hybridized carbons (Fsp3) is 0.200. The average Bonchev–Trinajstić information content (AvgIpc) is 2.54. The molecule has 0 aliphatic rings. The number of anilines is 1. The second-order valence-corrected chi connectivity index (χ2v) is 4.59. The Bertz CT molecular complexity index is 631. The lowest BCUT2D eigenvalue weighted by atomic mass is 10.2. The molecule has 0 radical (unpaired) electrons. The molecule has 0 aliphatic carbocycles. The number of carbonyl (C=O) groups is 1. The van der Waals surface area contributed by atoms with E-state index in [-0.39, 0.29) is 5.91 Å². The van der Waals surface area contributed by atoms with Gasteiger partial charge in [0.2, 0.25) is 0 Å². The molecule has 0 atom stereocenters. The lowest BCUT2D eigenvalue weighted by molar-refractivity contribution is 0.0785. The first-order valence-electron chi connectivity index (χ1n) is 6.45. The van der Waals surface area contributed by atoms with Crippen molar-refractivity contribution in [1.82, 2.24) is 9.88 Å². The molecule has 0 bridgehead atoms. The Hall–Kier alpha value is -2.60. The first-order valence-corrected chi connectivity index (χ1v) is 6.45. The van der Waals surface area contributed by atoms with Gasteiger partial charge in [0, 0.05) is 25.4 Å². The van der Waals surface area contributed by atoms with E-state index in [1.807, 2.05) is 24.3 Å². The molecule has 1 aromatic heterocycles. The van der Waals surface area contributed by atoms with E-state index in [4.69, 9.17) is 10.6 Å². The maximum absolute atomic E-state index is 12.4. The molecule has 1 heterocycles. The van der Waals surface area contributed by atoms with Crippen molar-refractivity contribution in [1.29, 1.82) is 0 Å². The molecular weight excluding hydrogens is 268 g/mol. The van der Waals surface area contributed by atoms with Crippen LogP contribution in [0.15, 0.2) is 42.6 Å². The number of aromatic nitrogens is 1. The zero-order chi connectivity index (χ0) is 15.2. The number of hydrazine groups is 1. The van der Waals surface area contributed by atoms with Gasteiger partial charge in [0.05, 0.1) is 7.11 Å². The van der Waals surface area contributed by atoms with E-state index in [1.54, 1.807) is 37.4 Å². The molecule has 2 rings (SSSR count). The Kier molecular flexibility index (Phi) is 4.73. The molecule has 21 heavy (non-hydrogen) atoms. The van der Waals surface area contributed by atoms with Gasteiger partial charge in [-0.15, -0.1) is 0 Å². The highest BCUT2D eigenvalue weighted by Crippen LogP contribution is 2.15. The van der Waals surface area contributed by atoms with Crippen LogP contribution in [0.1, 0.15) is 15.9 Å². The largest absolute Gasteiger partial charge is 0.497 e. The molecule has 0 saturated carbocycles. The van der Waals surface area contributed by atoms with Crippen LogP contribution in [-0.4, -0.2) is 29.9 Å². The van der Waals surface area contributed by atoms with Crippen LogP contribution in [0.3, 0.4) is 0 Å². The van der Waals surface area contributed by atoms with E-state index >= 15 is 0 Å². The Balaban J connectivity index is 2.11. The molecule has 6 heteroatoms. The third-order valence-electron chi connectivity index (χ3n) is 3.06. The summed E-state index contributed by atoms with van der Waals surface area (Å²) in [6.07, 6.45) is 1.54. The zero-order valence-corrected chi connectivity index (χ0v) is 12.0. The van der Waals surface area contributed by atoms with Gasteiger partial charge in [0.25, 0.3) is 5.91 Å². The highest BCUT2D eigenvalue weighted by molar-refractivity contribution is 5.94. The van der Waals surface area contributed by atoms with Gasteiger partial charge in [-0.3, -0.25) is 4.79 Å². The lowest BCUT2D eigenvalue weighted by Crippen LogP contribution is -2.26. The fourth-order valence-electron chi connectivity index (χ4n) is 1.98. The third kappa shape index (κ3) is 3.70. The second-order valence-electron chi connectivity index (χ2n) is 4.59. The number of ether oxygens (including phenoxy) is 1. The number of pyridine rings is 1. The van der Waals surface area contributed by atoms with Crippen LogP contribution >= 0.6 is 0 Å². The monoisotopic (exact) mass is 286 g/mol. The van der Waals surface area contributed by atoms with Gasteiger partial charge in [0.1, 0.15) is 11.6 Å². The molecule has 0 unspecified atom stereocenters. The lowest BCUT2D eigenvalue weighted by Gasteiger charge is -2.18. The number of rotatable bonds is 5. The van der Waals surface area contributed by atoms with Crippen molar-refractivity contribution >= 4 is 11.7 Å². The van der Waals surface area contributed by atoms with Crippen LogP contribution in [0, 0.1) is 0 Å². The number of methoxy groups -OCH3 is 1. The Labute approximate surface area is 123 Å². The summed E-state index contributed by atoms with van der Waals surface area (Å²) in [7, 11) is 3.37. The Morgan fingerprint density at radius 2 is 2.19 bits per heavy atom. The number of benzene rings is 1. The molecule has 6 nitrogen and oxygen atoms in total. The number of nitrogens with one attached hydrogen (secondary N) is 1. The minimum atomic E-state index is -0.100. The van der Waals surface area contributed by atoms with Gasteiger partial charge in [-0.1, -0.05) is 12.1 Å². The Morgan fingerprint density at radius 1 is 1.38 bits per heavy atom. The molecule has 1 aromatic carbocycles. The Morgan fingerprint density at radius 3 is 2.90 bits per heavy atom. The van der Waals surface area contributed by atoms with Crippen molar-refractivity contribution < 1.29 is 9.53 Å². The van der Waals surface area contributed by atoms with E-state index in [0.717, 1.165) is 11.3 Å². The summed E-state index contributed by atoms with van der Waals surface area (Å²) in [5.74, 6) is 6.42. The van der Waals surface area contributed by atoms with E-state index < -0.39 is 0 Å². The second kappa shape index (κ2) is 6.71. The number of hydrogen-bond donors (Lipinski definition) is 2. The van der Waals surface area contributed by atoms with Crippen LogP contribution < -0.4 is 16.0 Å². The third-order valence-corrected chi connectivity index (χ3v) is 3.06. The van der Waals surface area contributed by atoms with Crippen molar-refractivity contribution in [3.05, 3.63) is 53.7 Å². The summed E-state index contributed by atoms with van der Waals surface area (Å²) in [4.78, 5) is 18.0. The van der Waals surface area contributed by atoms with E-state index in [9.17, 15) is 4.79 Å². The van der Waals surface area contributed by atoms with Gasteiger partial charge in [-0.25, -0.2) is 10.8 Å². The highest BCUT2D eigenvalue weighted by atomic mass is 16.5. The number of nitrogens with zero attached hydrogens (tertiary/aromatic N) is 2. The molecule has 110 valence electrons. The number of nitrogen functional groups attached to an aromatic ring is 1. The molecule has 0 fully saturated rings. The van der Waals surface area contributed by atoms with Crippen molar-refractivity contribution in [3.8, 4) is 5.75 Å². The molecule has 0 saturated heterocycles. The summed E-state index contributed by atoms with van der Waals surface area (Å²) in [5.41, 5.74) is 3.96. The van der Waals surface area contributed by atoms with Crippen LogP contribution in [-0.2, 0) is 6.54 Å². The van der Waals surface area contributed by atoms with Gasteiger partial charge in [-0.05, 0) is 29.8 Å². The maximum Gasteiger partial charge on any atom is 0.254 e. The molecular formula is C15H18N4O2. The topological polar surface area (TPSA) is 80.5 Å². The fourth-order valence-corrected chi connectivity index (χ4v) is 1.98. The van der Waals surface area contributed by atoms with E-state index in [1.165, 1.54) is 0 Å². The van der Waals surface area contributed by atoms with Crippen LogP contribution in [0.25, 0.3) is 0 Å².